The molecule has 0 saturated carbocycles. The van der Waals surface area contributed by atoms with Crippen molar-refractivity contribution in [2.45, 2.75) is 37.2 Å². The van der Waals surface area contributed by atoms with Gasteiger partial charge in [-0.1, -0.05) is 24.8 Å². The second kappa shape index (κ2) is 7.28. The highest BCUT2D eigenvalue weighted by atomic mass is 32.2. The third-order valence-electron chi connectivity index (χ3n) is 4.48. The van der Waals surface area contributed by atoms with Crippen LogP contribution in [-0.4, -0.2) is 18.9 Å². The first-order chi connectivity index (χ1) is 13.1. The van der Waals surface area contributed by atoms with Gasteiger partial charge in [-0.15, -0.1) is 11.3 Å². The first-order valence-electron chi connectivity index (χ1n) is 8.68. The first kappa shape index (κ1) is 17.9. The van der Waals surface area contributed by atoms with Crippen molar-refractivity contribution in [2.24, 2.45) is 0 Å². The Bertz CT molecular complexity index is 1240. The van der Waals surface area contributed by atoms with Crippen LogP contribution in [0.25, 0.3) is 15.9 Å². The van der Waals surface area contributed by atoms with Crippen molar-refractivity contribution in [1.82, 2.24) is 18.9 Å². The fourth-order valence-corrected chi connectivity index (χ4v) is 4.65. The third kappa shape index (κ3) is 3.30. The molecule has 4 aromatic rings. The van der Waals surface area contributed by atoms with Crippen molar-refractivity contribution >= 4 is 39.0 Å². The molecule has 4 aromatic heterocycles. The molecule has 0 aliphatic heterocycles. The van der Waals surface area contributed by atoms with E-state index in [2.05, 4.69) is 11.9 Å². The van der Waals surface area contributed by atoms with Gasteiger partial charge in [0.1, 0.15) is 10.3 Å². The fourth-order valence-electron chi connectivity index (χ4n) is 2.89. The van der Waals surface area contributed by atoms with E-state index in [-0.39, 0.29) is 17.2 Å². The van der Waals surface area contributed by atoms with Crippen LogP contribution < -0.4 is 11.1 Å². The van der Waals surface area contributed by atoms with E-state index in [0.29, 0.717) is 27.0 Å². The third-order valence-corrected chi connectivity index (χ3v) is 6.36. The van der Waals surface area contributed by atoms with Crippen molar-refractivity contribution in [3.05, 3.63) is 68.3 Å². The minimum absolute atomic E-state index is 0.00149. The average Bonchev–Trinajstić information content (AvgIpc) is 3.15. The standard InChI is InChI=1S/C19H18N4O2S2/c1-3-12(2)23-18(25)17-14(7-9-26-17)21-19(23)27-11-13-10-16(24)22-8-5-4-6-15(22)20-13/h4-10,12H,3,11H2,1-2H3. The summed E-state index contributed by atoms with van der Waals surface area (Å²) in [5, 5.41) is 2.55. The van der Waals surface area contributed by atoms with Crippen LogP contribution in [-0.2, 0) is 5.75 Å². The van der Waals surface area contributed by atoms with Crippen LogP contribution in [0.1, 0.15) is 32.0 Å². The van der Waals surface area contributed by atoms with Crippen LogP contribution in [0.2, 0.25) is 0 Å². The molecule has 0 bridgehead atoms. The molecule has 0 spiro atoms. The van der Waals surface area contributed by atoms with Crippen molar-refractivity contribution < 1.29 is 0 Å². The summed E-state index contributed by atoms with van der Waals surface area (Å²) in [6.07, 6.45) is 2.54. The van der Waals surface area contributed by atoms with Gasteiger partial charge in [0.15, 0.2) is 5.16 Å². The van der Waals surface area contributed by atoms with Crippen molar-refractivity contribution in [1.29, 1.82) is 0 Å². The predicted octanol–water partition coefficient (Wildman–Crippen LogP) is 3.73. The van der Waals surface area contributed by atoms with Gasteiger partial charge in [-0.05, 0) is 36.9 Å². The molecule has 1 unspecified atom stereocenters. The topological polar surface area (TPSA) is 69.3 Å². The molecule has 8 heteroatoms. The Morgan fingerprint density at radius 1 is 1.22 bits per heavy atom. The van der Waals surface area contributed by atoms with E-state index < -0.39 is 0 Å². The molecule has 0 aliphatic carbocycles. The summed E-state index contributed by atoms with van der Waals surface area (Å²) in [6, 6.07) is 8.91. The lowest BCUT2D eigenvalue weighted by Gasteiger charge is -2.17. The van der Waals surface area contributed by atoms with E-state index in [1.165, 1.54) is 33.6 Å². The van der Waals surface area contributed by atoms with Crippen molar-refractivity contribution in [3.63, 3.8) is 0 Å². The second-order valence-electron chi connectivity index (χ2n) is 6.26. The molecule has 0 N–H and O–H groups in total. The maximum atomic E-state index is 12.9. The van der Waals surface area contributed by atoms with E-state index in [4.69, 9.17) is 4.98 Å². The highest BCUT2D eigenvalue weighted by molar-refractivity contribution is 7.98. The Balaban J connectivity index is 1.73. The number of thioether (sulfide) groups is 1. The van der Waals surface area contributed by atoms with E-state index in [0.717, 1.165) is 11.9 Å². The van der Waals surface area contributed by atoms with Crippen molar-refractivity contribution in [2.75, 3.05) is 0 Å². The average molecular weight is 399 g/mol. The Hall–Kier alpha value is -2.45. The zero-order valence-corrected chi connectivity index (χ0v) is 16.6. The van der Waals surface area contributed by atoms with E-state index in [1.807, 2.05) is 24.4 Å². The summed E-state index contributed by atoms with van der Waals surface area (Å²) >= 11 is 2.86. The summed E-state index contributed by atoms with van der Waals surface area (Å²) in [5.41, 5.74) is 1.89. The van der Waals surface area contributed by atoms with Gasteiger partial charge in [-0.3, -0.25) is 18.6 Å². The van der Waals surface area contributed by atoms with E-state index in [1.54, 1.807) is 22.9 Å². The summed E-state index contributed by atoms with van der Waals surface area (Å²) in [4.78, 5) is 34.4. The molecular formula is C19H18N4O2S2. The van der Waals surface area contributed by atoms with Gasteiger partial charge >= 0.3 is 0 Å². The Morgan fingerprint density at radius 3 is 2.89 bits per heavy atom. The van der Waals surface area contributed by atoms with E-state index >= 15 is 0 Å². The molecule has 27 heavy (non-hydrogen) atoms. The zero-order valence-electron chi connectivity index (χ0n) is 15.0. The van der Waals surface area contributed by atoms with Gasteiger partial charge in [-0.25, -0.2) is 9.97 Å². The number of rotatable bonds is 5. The second-order valence-corrected chi connectivity index (χ2v) is 8.12. The van der Waals surface area contributed by atoms with Crippen LogP contribution >= 0.6 is 23.1 Å². The normalized spacial score (nSPS) is 12.7. The Labute approximate surface area is 163 Å². The maximum absolute atomic E-state index is 12.9. The lowest BCUT2D eigenvalue weighted by molar-refractivity contribution is 0.468. The zero-order chi connectivity index (χ0) is 19.0. The van der Waals surface area contributed by atoms with Crippen LogP contribution in [0, 0.1) is 0 Å². The molecule has 4 heterocycles. The van der Waals surface area contributed by atoms with Crippen LogP contribution in [0.5, 0.6) is 0 Å². The van der Waals surface area contributed by atoms with Gasteiger partial charge in [-0.2, -0.15) is 0 Å². The maximum Gasteiger partial charge on any atom is 0.272 e. The molecular weight excluding hydrogens is 380 g/mol. The summed E-state index contributed by atoms with van der Waals surface area (Å²) in [6.45, 7) is 4.07. The monoisotopic (exact) mass is 398 g/mol. The molecule has 0 saturated heterocycles. The number of nitrogens with zero attached hydrogens (tertiary/aromatic N) is 4. The van der Waals surface area contributed by atoms with Crippen LogP contribution in [0.15, 0.2) is 56.7 Å². The van der Waals surface area contributed by atoms with Gasteiger partial charge in [0.2, 0.25) is 0 Å². The molecule has 6 nitrogen and oxygen atoms in total. The Morgan fingerprint density at radius 2 is 2.07 bits per heavy atom. The van der Waals surface area contributed by atoms with Gasteiger partial charge < -0.3 is 0 Å². The number of fused-ring (bicyclic) bond motifs is 2. The highest BCUT2D eigenvalue weighted by Crippen LogP contribution is 2.26. The SMILES string of the molecule is CCC(C)n1c(SCc2cc(=O)n3ccccc3n2)nc2ccsc2c1=O. The largest absolute Gasteiger partial charge is 0.284 e. The highest BCUT2D eigenvalue weighted by Gasteiger charge is 2.17. The van der Waals surface area contributed by atoms with Gasteiger partial charge in [0.25, 0.3) is 11.1 Å². The molecule has 0 fully saturated rings. The number of aromatic nitrogens is 4. The smallest absolute Gasteiger partial charge is 0.272 e. The summed E-state index contributed by atoms with van der Waals surface area (Å²) in [5.74, 6) is 0.471. The lowest BCUT2D eigenvalue weighted by Crippen LogP contribution is -2.25. The quantitative estimate of drug-likeness (QED) is 0.378. The number of hydrogen-bond donors (Lipinski definition) is 0. The molecule has 1 atom stereocenters. The molecule has 138 valence electrons. The predicted molar refractivity (Wildman–Crippen MR) is 110 cm³/mol. The van der Waals surface area contributed by atoms with Crippen molar-refractivity contribution in [3.8, 4) is 0 Å². The van der Waals surface area contributed by atoms with Crippen LogP contribution in [0.4, 0.5) is 0 Å². The minimum Gasteiger partial charge on any atom is -0.284 e. The lowest BCUT2D eigenvalue weighted by atomic mass is 10.2. The van der Waals surface area contributed by atoms with Crippen LogP contribution in [0.3, 0.4) is 0 Å². The molecule has 0 amide bonds. The van der Waals surface area contributed by atoms with Gasteiger partial charge in [0, 0.05) is 24.1 Å². The summed E-state index contributed by atoms with van der Waals surface area (Å²) < 4.78 is 3.96. The summed E-state index contributed by atoms with van der Waals surface area (Å²) in [7, 11) is 0. The number of hydrogen-bond acceptors (Lipinski definition) is 6. The molecule has 0 aliphatic rings. The first-order valence-corrected chi connectivity index (χ1v) is 10.5. The molecule has 4 rings (SSSR count). The Kier molecular flexibility index (Phi) is 4.84. The number of thiophene rings is 1. The number of pyridine rings is 1. The van der Waals surface area contributed by atoms with Gasteiger partial charge in [0.05, 0.1) is 11.2 Å². The van der Waals surface area contributed by atoms with E-state index in [9.17, 15) is 9.59 Å². The molecule has 0 aromatic carbocycles. The molecule has 0 radical (unpaired) electrons. The fraction of sp³-hybridized carbons (Fsp3) is 0.263. The minimum atomic E-state index is -0.114.